The predicted molar refractivity (Wildman–Crippen MR) is 139 cm³/mol. The molecular formula is C26H25N7O4. The molecule has 0 unspecified atom stereocenters. The molecule has 11 nitrogen and oxygen atoms in total. The highest BCUT2D eigenvalue weighted by molar-refractivity contribution is 6.07. The van der Waals surface area contributed by atoms with Crippen LogP contribution in [0.4, 0.5) is 16.3 Å². The van der Waals surface area contributed by atoms with Crippen molar-refractivity contribution in [1.29, 1.82) is 0 Å². The molecule has 37 heavy (non-hydrogen) atoms. The molecule has 0 aliphatic carbocycles. The van der Waals surface area contributed by atoms with Crippen LogP contribution in [0.1, 0.15) is 10.4 Å². The van der Waals surface area contributed by atoms with Crippen molar-refractivity contribution in [1.82, 2.24) is 24.6 Å². The van der Waals surface area contributed by atoms with Crippen LogP contribution in [-0.2, 0) is 7.05 Å². The monoisotopic (exact) mass is 499 g/mol. The van der Waals surface area contributed by atoms with Crippen molar-refractivity contribution in [2.75, 3.05) is 37.0 Å². The molecule has 3 heterocycles. The van der Waals surface area contributed by atoms with Gasteiger partial charge in [0.25, 0.3) is 5.91 Å². The zero-order valence-electron chi connectivity index (χ0n) is 20.6. The first-order valence-corrected chi connectivity index (χ1v) is 11.6. The lowest BCUT2D eigenvalue weighted by molar-refractivity contribution is 0.0963. The van der Waals surface area contributed by atoms with Crippen LogP contribution in [0.3, 0.4) is 0 Å². The Labute approximate surface area is 212 Å². The molecule has 188 valence electrons. The number of ether oxygens (including phenoxy) is 1. The number of methoxy groups -OCH3 is 1. The molecule has 0 spiro atoms. The summed E-state index contributed by atoms with van der Waals surface area (Å²) in [6.45, 7) is 0.832. The molecule has 2 aromatic heterocycles. The van der Waals surface area contributed by atoms with E-state index >= 15 is 0 Å². The van der Waals surface area contributed by atoms with E-state index in [2.05, 4.69) is 15.4 Å². The minimum atomic E-state index is -0.261. The number of nitrogens with zero attached hydrogens (tertiary/aromatic N) is 6. The van der Waals surface area contributed by atoms with Gasteiger partial charge in [-0.15, -0.1) is 0 Å². The molecule has 0 radical (unpaired) electrons. The summed E-state index contributed by atoms with van der Waals surface area (Å²) in [5.41, 5.74) is 3.13. The van der Waals surface area contributed by atoms with Gasteiger partial charge in [0, 0.05) is 50.2 Å². The van der Waals surface area contributed by atoms with Crippen LogP contribution >= 0.6 is 0 Å². The Bertz CT molecular complexity index is 1540. The van der Waals surface area contributed by atoms with E-state index in [4.69, 9.17) is 4.74 Å². The van der Waals surface area contributed by atoms with E-state index in [-0.39, 0.29) is 17.6 Å². The third-order valence-electron chi connectivity index (χ3n) is 6.28. The first-order chi connectivity index (χ1) is 17.9. The van der Waals surface area contributed by atoms with E-state index < -0.39 is 0 Å². The van der Waals surface area contributed by atoms with Crippen molar-refractivity contribution < 1.29 is 14.3 Å². The number of pyridine rings is 1. The summed E-state index contributed by atoms with van der Waals surface area (Å²) in [6.07, 6.45) is 3.10. The van der Waals surface area contributed by atoms with Gasteiger partial charge < -0.3 is 10.1 Å². The maximum atomic E-state index is 13.4. The third-order valence-corrected chi connectivity index (χ3v) is 6.28. The van der Waals surface area contributed by atoms with Crippen molar-refractivity contribution in [2.45, 2.75) is 0 Å². The normalized spacial score (nSPS) is 13.2. The zero-order valence-corrected chi connectivity index (χ0v) is 20.6. The van der Waals surface area contributed by atoms with Gasteiger partial charge in [0.2, 0.25) is 0 Å². The van der Waals surface area contributed by atoms with Crippen molar-refractivity contribution in [2.24, 2.45) is 7.05 Å². The van der Waals surface area contributed by atoms with Crippen LogP contribution in [0.15, 0.2) is 71.9 Å². The second-order valence-electron chi connectivity index (χ2n) is 8.38. The number of nitrogens with one attached hydrogen (secondary N) is 1. The number of anilines is 2. The Kier molecular flexibility index (Phi) is 6.18. The van der Waals surface area contributed by atoms with Gasteiger partial charge >= 0.3 is 11.7 Å². The average Bonchev–Trinajstić information content (AvgIpc) is 3.49. The summed E-state index contributed by atoms with van der Waals surface area (Å²) in [5.74, 6) is 0.645. The molecule has 0 saturated carbocycles. The summed E-state index contributed by atoms with van der Waals surface area (Å²) in [7, 11) is 4.70. The number of urea groups is 1. The molecule has 1 aliphatic rings. The fourth-order valence-electron chi connectivity index (χ4n) is 4.35. The molecule has 0 bridgehead atoms. The maximum absolute atomic E-state index is 13.4. The van der Waals surface area contributed by atoms with Crippen molar-refractivity contribution in [3.63, 3.8) is 0 Å². The fraction of sp³-hybridized carbons (Fsp3) is 0.192. The highest BCUT2D eigenvalue weighted by atomic mass is 16.5. The number of amides is 3. The summed E-state index contributed by atoms with van der Waals surface area (Å²) in [6, 6.07) is 15.9. The zero-order chi connectivity index (χ0) is 26.1. The van der Waals surface area contributed by atoms with Gasteiger partial charge in [0.15, 0.2) is 11.6 Å². The standard InChI is InChI=1S/C26H25N7O4/c1-27-24(34)18-5-4-6-20(15-18)31-13-14-32(26(31)36)23-22(37-3)21(11-12-28-23)17-7-9-19(10-8-17)33-16-29-30(2)25(33)35/h4-12,15-16H,13-14H2,1-3H3,(H,27,34). The van der Waals surface area contributed by atoms with Crippen molar-refractivity contribution in [3.05, 3.63) is 83.2 Å². The fourth-order valence-corrected chi connectivity index (χ4v) is 4.35. The van der Waals surface area contributed by atoms with Crippen molar-refractivity contribution >= 4 is 23.4 Å². The minimum absolute atomic E-state index is 0.221. The Morgan fingerprint density at radius 3 is 2.43 bits per heavy atom. The summed E-state index contributed by atoms with van der Waals surface area (Å²) >= 11 is 0. The van der Waals surface area contributed by atoms with E-state index in [1.807, 2.05) is 30.3 Å². The number of rotatable bonds is 6. The molecule has 5 rings (SSSR count). The predicted octanol–water partition coefficient (Wildman–Crippen LogP) is 2.45. The highest BCUT2D eigenvalue weighted by Gasteiger charge is 2.34. The van der Waals surface area contributed by atoms with E-state index in [1.54, 1.807) is 61.5 Å². The first kappa shape index (κ1) is 23.8. The lowest BCUT2D eigenvalue weighted by Crippen LogP contribution is -2.32. The van der Waals surface area contributed by atoms with Crippen LogP contribution in [0.5, 0.6) is 5.75 Å². The second kappa shape index (κ2) is 9.61. The van der Waals surface area contributed by atoms with E-state index in [9.17, 15) is 14.4 Å². The van der Waals surface area contributed by atoms with Crippen LogP contribution in [0.2, 0.25) is 0 Å². The summed E-state index contributed by atoms with van der Waals surface area (Å²) in [5, 5.41) is 6.58. The van der Waals surface area contributed by atoms with Crippen LogP contribution < -0.4 is 25.5 Å². The Morgan fingerprint density at radius 2 is 1.76 bits per heavy atom. The van der Waals surface area contributed by atoms with Gasteiger partial charge in [-0.2, -0.15) is 5.10 Å². The van der Waals surface area contributed by atoms with E-state index in [1.165, 1.54) is 15.6 Å². The van der Waals surface area contributed by atoms with Crippen molar-refractivity contribution in [3.8, 4) is 22.6 Å². The van der Waals surface area contributed by atoms with Gasteiger partial charge in [-0.25, -0.2) is 23.8 Å². The number of hydrogen-bond donors (Lipinski definition) is 1. The molecule has 1 N–H and O–H groups in total. The maximum Gasteiger partial charge on any atom is 0.350 e. The number of benzene rings is 2. The topological polar surface area (TPSA) is 115 Å². The van der Waals surface area contributed by atoms with E-state index in [0.29, 0.717) is 41.6 Å². The quantitative estimate of drug-likeness (QED) is 0.436. The molecule has 3 amide bonds. The van der Waals surface area contributed by atoms with E-state index in [0.717, 1.165) is 11.1 Å². The number of carbonyl (C=O) groups excluding carboxylic acids is 2. The number of hydrogen-bond acceptors (Lipinski definition) is 6. The van der Waals surface area contributed by atoms with Gasteiger partial charge in [-0.05, 0) is 42.0 Å². The largest absolute Gasteiger partial charge is 0.492 e. The molecule has 1 fully saturated rings. The highest BCUT2D eigenvalue weighted by Crippen LogP contribution is 2.38. The summed E-state index contributed by atoms with van der Waals surface area (Å²) < 4.78 is 8.45. The van der Waals surface area contributed by atoms with Gasteiger partial charge in [0.1, 0.15) is 6.33 Å². The Balaban J connectivity index is 1.45. The molecule has 2 aromatic carbocycles. The number of aryl methyl sites for hydroxylation is 1. The third kappa shape index (κ3) is 4.20. The molecular weight excluding hydrogens is 474 g/mol. The molecule has 11 heteroatoms. The Morgan fingerprint density at radius 1 is 1.00 bits per heavy atom. The molecule has 4 aromatic rings. The van der Waals surface area contributed by atoms with Gasteiger partial charge in [0.05, 0.1) is 12.8 Å². The average molecular weight is 500 g/mol. The Hall–Kier alpha value is -4.93. The van der Waals surface area contributed by atoms with Crippen LogP contribution in [0, 0.1) is 0 Å². The smallest absolute Gasteiger partial charge is 0.350 e. The first-order valence-electron chi connectivity index (χ1n) is 11.6. The SMILES string of the molecule is CNC(=O)c1cccc(N2CCN(c3nccc(-c4ccc(-n5cnn(C)c5=O)cc4)c3OC)C2=O)c1. The van der Waals surface area contributed by atoms with Crippen LogP contribution in [-0.4, -0.2) is 58.5 Å². The minimum Gasteiger partial charge on any atom is -0.492 e. The van der Waals surface area contributed by atoms with Gasteiger partial charge in [-0.1, -0.05) is 18.2 Å². The second-order valence-corrected chi connectivity index (χ2v) is 8.38. The lowest BCUT2D eigenvalue weighted by atomic mass is 10.1. The molecule has 1 aliphatic heterocycles. The number of carbonyl (C=O) groups is 2. The molecule has 0 atom stereocenters. The van der Waals surface area contributed by atoms with Gasteiger partial charge in [-0.3, -0.25) is 14.6 Å². The molecule has 1 saturated heterocycles. The van der Waals surface area contributed by atoms with Crippen LogP contribution in [0.25, 0.3) is 16.8 Å². The summed E-state index contributed by atoms with van der Waals surface area (Å²) in [4.78, 5) is 45.3. The lowest BCUT2D eigenvalue weighted by Gasteiger charge is -2.21. The number of aromatic nitrogens is 4.